The Morgan fingerprint density at radius 2 is 1.72 bits per heavy atom. The van der Waals surface area contributed by atoms with E-state index in [1.54, 1.807) is 0 Å². The summed E-state index contributed by atoms with van der Waals surface area (Å²) in [4.78, 5) is 0. The van der Waals surface area contributed by atoms with E-state index in [0.717, 1.165) is 11.3 Å². The molecule has 7 heteroatoms. The lowest BCUT2D eigenvalue weighted by Gasteiger charge is -2.39. The molecule has 0 spiro atoms. The number of hydrazone groups is 1. The number of fused-ring (bicyclic) bond motifs is 1. The lowest BCUT2D eigenvalue weighted by molar-refractivity contribution is -0.697. The fourth-order valence-electron chi connectivity index (χ4n) is 3.70. The summed E-state index contributed by atoms with van der Waals surface area (Å²) in [6.07, 6.45) is 6.92. The predicted octanol–water partition coefficient (Wildman–Crippen LogP) is 3.55. The van der Waals surface area contributed by atoms with Crippen LogP contribution in [0, 0.1) is 0 Å². The maximum absolute atomic E-state index is 10.8. The Bertz CT molecular complexity index is 996. The third kappa shape index (κ3) is 4.51. The molecule has 1 N–H and O–H groups in total. The van der Waals surface area contributed by atoms with Crippen LogP contribution >= 0.6 is 0 Å². The molecule has 6 nitrogen and oxygen atoms in total. The summed E-state index contributed by atoms with van der Waals surface area (Å²) in [6.45, 7) is 9.66. The molecule has 2 heterocycles. The van der Waals surface area contributed by atoms with E-state index in [2.05, 4.69) is 50.9 Å². The summed E-state index contributed by atoms with van der Waals surface area (Å²) < 4.78 is 32.3. The molecule has 0 radical (unpaired) electrons. The van der Waals surface area contributed by atoms with Gasteiger partial charge in [-0.05, 0) is 31.9 Å². The van der Waals surface area contributed by atoms with E-state index in [0.29, 0.717) is 19.4 Å². The number of pyridine rings is 1. The largest absolute Gasteiger partial charge is 0.286 e. The number of aryl methyl sites for hydroxylation is 1. The van der Waals surface area contributed by atoms with Crippen LogP contribution in [0.3, 0.4) is 0 Å². The number of hydrogen-bond donors (Lipinski definition) is 1. The standard InChI is InChI=1S/C22H29N3O3S/c1-21(2)19-9-5-6-10-20(19)25(22(21,3)4)23-17-18-11-14-24(15-12-18)13-7-8-16-29(26,27)28/h5-6,9-12,14-15,17H,7-8,13,16H2,1-4H3/p+1. The van der Waals surface area contributed by atoms with Crippen LogP contribution in [0.5, 0.6) is 0 Å². The van der Waals surface area contributed by atoms with E-state index in [-0.39, 0.29) is 16.7 Å². The predicted molar refractivity (Wildman–Crippen MR) is 116 cm³/mol. The van der Waals surface area contributed by atoms with Crippen molar-refractivity contribution in [1.82, 2.24) is 0 Å². The van der Waals surface area contributed by atoms with E-state index < -0.39 is 10.1 Å². The molecule has 1 aliphatic rings. The van der Waals surface area contributed by atoms with Gasteiger partial charge in [-0.2, -0.15) is 13.5 Å². The Labute approximate surface area is 173 Å². The number of hydrogen-bond acceptors (Lipinski definition) is 4. The van der Waals surface area contributed by atoms with Gasteiger partial charge in [-0.3, -0.25) is 9.56 Å². The quantitative estimate of drug-likeness (QED) is 0.324. The Morgan fingerprint density at radius 1 is 1.07 bits per heavy atom. The highest BCUT2D eigenvalue weighted by Gasteiger charge is 2.50. The van der Waals surface area contributed by atoms with Crippen LogP contribution in [0.15, 0.2) is 53.9 Å². The molecule has 156 valence electrons. The lowest BCUT2D eigenvalue weighted by atomic mass is 9.73. The van der Waals surface area contributed by atoms with Gasteiger partial charge in [0.25, 0.3) is 10.1 Å². The van der Waals surface area contributed by atoms with Crippen LogP contribution in [0.4, 0.5) is 5.69 Å². The van der Waals surface area contributed by atoms with Crippen molar-refractivity contribution in [2.24, 2.45) is 5.10 Å². The fraction of sp³-hybridized carbons (Fsp3) is 0.455. The monoisotopic (exact) mass is 416 g/mol. The number of rotatable bonds is 7. The minimum absolute atomic E-state index is 0.0251. The second kappa shape index (κ2) is 7.88. The first-order valence-electron chi connectivity index (χ1n) is 9.90. The third-order valence-electron chi connectivity index (χ3n) is 6.17. The Morgan fingerprint density at radius 3 is 2.38 bits per heavy atom. The zero-order valence-corrected chi connectivity index (χ0v) is 18.4. The number of anilines is 1. The van der Waals surface area contributed by atoms with Crippen LogP contribution in [0.25, 0.3) is 0 Å². The van der Waals surface area contributed by atoms with Gasteiger partial charge in [0.2, 0.25) is 0 Å². The molecule has 0 saturated heterocycles. The summed E-state index contributed by atoms with van der Waals surface area (Å²) in [5, 5.41) is 6.93. The van der Waals surface area contributed by atoms with Crippen molar-refractivity contribution < 1.29 is 17.5 Å². The second-order valence-corrected chi connectivity index (χ2v) is 10.2. The van der Waals surface area contributed by atoms with Crippen molar-refractivity contribution in [2.75, 3.05) is 10.8 Å². The molecule has 3 rings (SSSR count). The van der Waals surface area contributed by atoms with Crippen molar-refractivity contribution in [2.45, 2.75) is 58.0 Å². The second-order valence-electron chi connectivity index (χ2n) is 8.62. The Hall–Kier alpha value is -2.25. The van der Waals surface area contributed by atoms with Crippen molar-refractivity contribution >= 4 is 22.0 Å². The maximum atomic E-state index is 10.8. The highest BCUT2D eigenvalue weighted by Crippen LogP contribution is 2.51. The molecule has 0 amide bonds. The third-order valence-corrected chi connectivity index (χ3v) is 6.98. The van der Waals surface area contributed by atoms with Crippen molar-refractivity contribution in [3.05, 3.63) is 59.9 Å². The number of benzene rings is 1. The SMILES string of the molecule is CC1(C)c2ccccc2N(N=Cc2cc[n+](CCCCS(=O)(=O)O)cc2)C1(C)C. The van der Waals surface area contributed by atoms with Crippen molar-refractivity contribution in [3.8, 4) is 0 Å². The zero-order chi connectivity index (χ0) is 21.3. The molecule has 1 aliphatic heterocycles. The van der Waals surface area contributed by atoms with Crippen molar-refractivity contribution in [3.63, 3.8) is 0 Å². The Balaban J connectivity index is 1.69. The molecular formula is C22H30N3O3S+. The van der Waals surface area contributed by atoms with E-state index in [4.69, 9.17) is 9.65 Å². The van der Waals surface area contributed by atoms with E-state index >= 15 is 0 Å². The number of aromatic nitrogens is 1. The zero-order valence-electron chi connectivity index (χ0n) is 17.5. The molecule has 0 saturated carbocycles. The molecule has 1 aromatic heterocycles. The van der Waals surface area contributed by atoms with Gasteiger partial charge in [0.05, 0.1) is 23.2 Å². The van der Waals surface area contributed by atoms with Gasteiger partial charge in [-0.15, -0.1) is 0 Å². The van der Waals surface area contributed by atoms with Crippen LogP contribution < -0.4 is 9.58 Å². The van der Waals surface area contributed by atoms with Crippen LogP contribution in [-0.4, -0.2) is 30.5 Å². The molecule has 0 unspecified atom stereocenters. The van der Waals surface area contributed by atoms with Gasteiger partial charge < -0.3 is 0 Å². The summed E-state index contributed by atoms with van der Waals surface area (Å²) in [7, 11) is -3.87. The average Bonchev–Trinajstić information content (AvgIpc) is 2.80. The molecule has 0 aliphatic carbocycles. The average molecular weight is 417 g/mol. The number of unbranched alkanes of at least 4 members (excludes halogenated alkanes) is 1. The van der Waals surface area contributed by atoms with Crippen LogP contribution in [0.1, 0.15) is 51.7 Å². The summed E-state index contributed by atoms with van der Waals surface area (Å²) in [5.74, 6) is -0.193. The van der Waals surface area contributed by atoms with Crippen LogP contribution in [0.2, 0.25) is 0 Å². The molecule has 0 fully saturated rings. The van der Waals surface area contributed by atoms with Gasteiger partial charge in [0.15, 0.2) is 12.4 Å². The summed E-state index contributed by atoms with van der Waals surface area (Å²) in [6, 6.07) is 12.4. The summed E-state index contributed by atoms with van der Waals surface area (Å²) in [5.41, 5.74) is 3.26. The summed E-state index contributed by atoms with van der Waals surface area (Å²) >= 11 is 0. The van der Waals surface area contributed by atoms with E-state index in [1.807, 2.05) is 41.4 Å². The van der Waals surface area contributed by atoms with Gasteiger partial charge >= 0.3 is 0 Å². The van der Waals surface area contributed by atoms with Gasteiger partial charge in [-0.25, -0.2) is 4.57 Å². The molecule has 0 bridgehead atoms. The van der Waals surface area contributed by atoms with Crippen LogP contribution in [-0.2, 0) is 22.1 Å². The first-order valence-corrected chi connectivity index (χ1v) is 11.5. The van der Waals surface area contributed by atoms with E-state index in [9.17, 15) is 8.42 Å². The number of nitrogens with zero attached hydrogens (tertiary/aromatic N) is 3. The molecule has 2 aromatic rings. The molecule has 1 aromatic carbocycles. The normalized spacial score (nSPS) is 17.6. The molecular weight excluding hydrogens is 386 g/mol. The fourth-order valence-corrected chi connectivity index (χ4v) is 4.26. The van der Waals surface area contributed by atoms with Gasteiger partial charge in [0.1, 0.15) is 6.54 Å². The van der Waals surface area contributed by atoms with Gasteiger partial charge in [0, 0.05) is 29.5 Å². The molecule has 0 atom stereocenters. The highest BCUT2D eigenvalue weighted by molar-refractivity contribution is 7.85. The smallest absolute Gasteiger partial charge is 0.264 e. The van der Waals surface area contributed by atoms with E-state index in [1.165, 1.54) is 5.56 Å². The topological polar surface area (TPSA) is 73.8 Å². The maximum Gasteiger partial charge on any atom is 0.264 e. The Kier molecular flexibility index (Phi) is 5.83. The molecule has 29 heavy (non-hydrogen) atoms. The lowest BCUT2D eigenvalue weighted by Crippen LogP contribution is -2.48. The van der Waals surface area contributed by atoms with Gasteiger partial charge in [-0.1, -0.05) is 32.0 Å². The number of para-hydroxylation sites is 1. The highest BCUT2D eigenvalue weighted by atomic mass is 32.2. The minimum Gasteiger partial charge on any atom is -0.286 e. The first kappa shape index (κ1) is 21.5. The minimum atomic E-state index is -3.87. The van der Waals surface area contributed by atoms with Crippen molar-refractivity contribution in [1.29, 1.82) is 0 Å². The first-order chi connectivity index (χ1) is 13.5.